The zero-order chi connectivity index (χ0) is 30.3. The van der Waals surface area contributed by atoms with Crippen LogP contribution in [0, 0.1) is 5.41 Å². The molecule has 4 rings (SSSR count). The van der Waals surface area contributed by atoms with Crippen LogP contribution in [-0.4, -0.2) is 43.0 Å². The highest BCUT2D eigenvalue weighted by molar-refractivity contribution is 6.04. The molecule has 1 N–H and O–H groups in total. The van der Waals surface area contributed by atoms with Crippen LogP contribution in [0.4, 0.5) is 5.69 Å². The summed E-state index contributed by atoms with van der Waals surface area (Å²) in [5.74, 6) is -3.75. The number of esters is 4. The van der Waals surface area contributed by atoms with Crippen molar-refractivity contribution in [3.8, 4) is 11.5 Å². The highest BCUT2D eigenvalue weighted by Gasteiger charge is 2.54. The van der Waals surface area contributed by atoms with E-state index in [1.807, 2.05) is 0 Å². The van der Waals surface area contributed by atoms with E-state index >= 15 is 0 Å². The number of amides is 1. The number of ether oxygens (including phenoxy) is 4. The standard InChI is InChI=1S/C32H31NO9/c1-4-39-30(37)32(31(38)40-5-2)18-21-10-6-7-11-24(21)26(19-32)28(35)33-22-14-16-23(17-15-22)42-29(36)25-12-8-9-13-27(25)41-20(3)34/h6-17,26H,4-5,18-19H2,1-3H3,(H,33,35). The number of benzene rings is 3. The third-order valence-electron chi connectivity index (χ3n) is 6.82. The van der Waals surface area contributed by atoms with Crippen LogP contribution in [0.5, 0.6) is 11.5 Å². The molecule has 1 atom stereocenters. The van der Waals surface area contributed by atoms with Gasteiger partial charge in [0.15, 0.2) is 5.41 Å². The van der Waals surface area contributed by atoms with Crippen molar-refractivity contribution in [1.29, 1.82) is 0 Å². The van der Waals surface area contributed by atoms with E-state index in [0.29, 0.717) is 16.8 Å². The first kappa shape index (κ1) is 30.0. The fraction of sp³-hybridized carbons (Fsp3) is 0.281. The summed E-state index contributed by atoms with van der Waals surface area (Å²) in [6, 6.07) is 19.5. The van der Waals surface area contributed by atoms with Crippen molar-refractivity contribution >= 4 is 35.5 Å². The molecule has 0 aliphatic heterocycles. The second kappa shape index (κ2) is 13.1. The molecule has 0 saturated carbocycles. The largest absolute Gasteiger partial charge is 0.465 e. The maximum Gasteiger partial charge on any atom is 0.347 e. The zero-order valence-corrected chi connectivity index (χ0v) is 23.5. The molecule has 0 aromatic heterocycles. The third-order valence-corrected chi connectivity index (χ3v) is 6.82. The molecule has 0 fully saturated rings. The highest BCUT2D eigenvalue weighted by atomic mass is 16.6. The summed E-state index contributed by atoms with van der Waals surface area (Å²) in [5.41, 5.74) is 0.203. The Morgan fingerprint density at radius 2 is 1.43 bits per heavy atom. The molecule has 0 bridgehead atoms. The molecule has 1 unspecified atom stereocenters. The number of rotatable bonds is 9. The second-order valence-electron chi connectivity index (χ2n) is 9.65. The average molecular weight is 574 g/mol. The minimum absolute atomic E-state index is 0.0608. The summed E-state index contributed by atoms with van der Waals surface area (Å²) in [6.45, 7) is 4.68. The van der Waals surface area contributed by atoms with Gasteiger partial charge in [0.1, 0.15) is 17.1 Å². The van der Waals surface area contributed by atoms with Gasteiger partial charge in [0.2, 0.25) is 5.91 Å². The minimum Gasteiger partial charge on any atom is -0.465 e. The summed E-state index contributed by atoms with van der Waals surface area (Å²) in [5, 5.41) is 2.83. The van der Waals surface area contributed by atoms with Crippen LogP contribution in [0.15, 0.2) is 72.8 Å². The number of carbonyl (C=O) groups is 5. The van der Waals surface area contributed by atoms with Gasteiger partial charge in [0.05, 0.1) is 19.1 Å². The lowest BCUT2D eigenvalue weighted by Crippen LogP contribution is -2.48. The maximum absolute atomic E-state index is 13.6. The molecule has 10 nitrogen and oxygen atoms in total. The molecular weight excluding hydrogens is 542 g/mol. The molecule has 218 valence electrons. The van der Waals surface area contributed by atoms with E-state index in [1.54, 1.807) is 62.4 Å². The first-order valence-corrected chi connectivity index (χ1v) is 13.5. The number of fused-ring (bicyclic) bond motifs is 1. The van der Waals surface area contributed by atoms with E-state index in [2.05, 4.69) is 5.32 Å². The SMILES string of the molecule is CCOC(=O)C1(C(=O)OCC)Cc2ccccc2C(C(=O)Nc2ccc(OC(=O)c3ccccc3OC(C)=O)cc2)C1. The molecule has 0 spiro atoms. The van der Waals surface area contributed by atoms with Crippen molar-refractivity contribution < 1.29 is 42.9 Å². The summed E-state index contributed by atoms with van der Waals surface area (Å²) in [6.07, 6.45) is -0.0593. The Bertz CT molecular complexity index is 1480. The Morgan fingerprint density at radius 3 is 2.07 bits per heavy atom. The lowest BCUT2D eigenvalue weighted by Gasteiger charge is -2.37. The molecule has 42 heavy (non-hydrogen) atoms. The number of hydrogen-bond acceptors (Lipinski definition) is 9. The van der Waals surface area contributed by atoms with Crippen LogP contribution in [-0.2, 0) is 35.1 Å². The van der Waals surface area contributed by atoms with Gasteiger partial charge in [-0.3, -0.25) is 19.2 Å². The van der Waals surface area contributed by atoms with Crippen molar-refractivity contribution in [2.75, 3.05) is 18.5 Å². The smallest absolute Gasteiger partial charge is 0.347 e. The van der Waals surface area contributed by atoms with Gasteiger partial charge in [-0.2, -0.15) is 0 Å². The molecule has 1 aliphatic rings. The third kappa shape index (κ3) is 6.49. The molecule has 3 aromatic carbocycles. The number of para-hydroxylation sites is 1. The van der Waals surface area contributed by atoms with E-state index in [4.69, 9.17) is 18.9 Å². The first-order chi connectivity index (χ1) is 20.2. The topological polar surface area (TPSA) is 134 Å². The summed E-state index contributed by atoms with van der Waals surface area (Å²) in [4.78, 5) is 64.0. The van der Waals surface area contributed by atoms with E-state index in [9.17, 15) is 24.0 Å². The summed E-state index contributed by atoms with van der Waals surface area (Å²) in [7, 11) is 0. The Balaban J connectivity index is 1.53. The van der Waals surface area contributed by atoms with E-state index in [1.165, 1.54) is 31.2 Å². The van der Waals surface area contributed by atoms with E-state index in [-0.39, 0.29) is 43.1 Å². The average Bonchev–Trinajstić information content (AvgIpc) is 2.97. The predicted octanol–water partition coefficient (Wildman–Crippen LogP) is 4.61. The first-order valence-electron chi connectivity index (χ1n) is 13.5. The highest BCUT2D eigenvalue weighted by Crippen LogP contribution is 2.45. The van der Waals surface area contributed by atoms with E-state index < -0.39 is 41.1 Å². The molecular formula is C32H31NO9. The molecule has 3 aromatic rings. The normalized spacial score (nSPS) is 15.0. The molecule has 1 amide bonds. The summed E-state index contributed by atoms with van der Waals surface area (Å²) >= 11 is 0. The predicted molar refractivity (Wildman–Crippen MR) is 151 cm³/mol. The van der Waals surface area contributed by atoms with Gasteiger partial charge in [-0.1, -0.05) is 36.4 Å². The number of carbonyl (C=O) groups excluding carboxylic acids is 5. The Kier molecular flexibility index (Phi) is 9.36. The summed E-state index contributed by atoms with van der Waals surface area (Å²) < 4.78 is 21.1. The molecule has 0 radical (unpaired) electrons. The van der Waals surface area contributed by atoms with Gasteiger partial charge in [0.25, 0.3) is 0 Å². The van der Waals surface area contributed by atoms with Gasteiger partial charge in [-0.25, -0.2) is 4.79 Å². The van der Waals surface area contributed by atoms with Gasteiger partial charge >= 0.3 is 23.9 Å². The maximum atomic E-state index is 13.6. The monoisotopic (exact) mass is 573 g/mol. The Hall–Kier alpha value is -4.99. The Labute approximate surface area is 242 Å². The minimum atomic E-state index is -1.66. The van der Waals surface area contributed by atoms with Crippen molar-refractivity contribution in [3.05, 3.63) is 89.5 Å². The van der Waals surface area contributed by atoms with Gasteiger partial charge in [0, 0.05) is 12.6 Å². The Morgan fingerprint density at radius 1 is 0.810 bits per heavy atom. The van der Waals surface area contributed by atoms with Crippen LogP contribution in [0.1, 0.15) is 54.6 Å². The van der Waals surface area contributed by atoms with Crippen molar-refractivity contribution in [1.82, 2.24) is 0 Å². The molecule has 10 heteroatoms. The van der Waals surface area contributed by atoms with Gasteiger partial charge < -0.3 is 24.3 Å². The quantitative estimate of drug-likeness (QED) is 0.221. The second-order valence-corrected chi connectivity index (χ2v) is 9.65. The lowest BCUT2D eigenvalue weighted by molar-refractivity contribution is -0.173. The lowest BCUT2D eigenvalue weighted by atomic mass is 9.66. The molecule has 0 heterocycles. The van der Waals surface area contributed by atoms with Crippen LogP contribution >= 0.6 is 0 Å². The fourth-order valence-corrected chi connectivity index (χ4v) is 4.93. The van der Waals surface area contributed by atoms with Crippen LogP contribution in [0.2, 0.25) is 0 Å². The van der Waals surface area contributed by atoms with Gasteiger partial charge in [-0.05, 0) is 74.2 Å². The van der Waals surface area contributed by atoms with Crippen molar-refractivity contribution in [2.45, 2.75) is 39.5 Å². The van der Waals surface area contributed by atoms with Crippen LogP contribution < -0.4 is 14.8 Å². The van der Waals surface area contributed by atoms with Crippen molar-refractivity contribution in [2.24, 2.45) is 5.41 Å². The van der Waals surface area contributed by atoms with Crippen LogP contribution in [0.25, 0.3) is 0 Å². The zero-order valence-electron chi connectivity index (χ0n) is 23.5. The fourth-order valence-electron chi connectivity index (χ4n) is 4.93. The van der Waals surface area contributed by atoms with Gasteiger partial charge in [-0.15, -0.1) is 0 Å². The van der Waals surface area contributed by atoms with Crippen molar-refractivity contribution in [3.63, 3.8) is 0 Å². The molecule has 1 aliphatic carbocycles. The molecule has 0 saturated heterocycles. The van der Waals surface area contributed by atoms with E-state index in [0.717, 1.165) is 0 Å². The number of hydrogen-bond donors (Lipinski definition) is 1. The number of anilines is 1. The number of nitrogens with one attached hydrogen (secondary N) is 1. The van der Waals surface area contributed by atoms with Crippen LogP contribution in [0.3, 0.4) is 0 Å².